The van der Waals surface area contributed by atoms with Crippen molar-refractivity contribution in [3.8, 4) is 39.6 Å². The van der Waals surface area contributed by atoms with Gasteiger partial charge >= 0.3 is 6.16 Å². The molecular weight excluding hydrogens is 610 g/mol. The number of pyridine rings is 1. The Morgan fingerprint density at radius 2 is 1.61 bits per heavy atom. The van der Waals surface area contributed by atoms with Gasteiger partial charge in [0.05, 0.1) is 30.5 Å². The van der Waals surface area contributed by atoms with Crippen molar-refractivity contribution >= 4 is 23.7 Å². The van der Waals surface area contributed by atoms with Crippen molar-refractivity contribution in [1.29, 1.82) is 0 Å². The minimum Gasteiger partial charge on any atom is -0.496 e. The van der Waals surface area contributed by atoms with Crippen LogP contribution in [0.4, 0.5) is 4.79 Å². The van der Waals surface area contributed by atoms with Gasteiger partial charge in [0, 0.05) is 29.5 Å². The number of nitrogens with zero attached hydrogens (tertiary/aromatic N) is 2. The Kier molecular flexibility index (Phi) is 9.03. The number of hydrogen-bond donors (Lipinski definition) is 2. The van der Waals surface area contributed by atoms with Crippen LogP contribution in [0.5, 0.6) is 17.2 Å². The minimum absolute atomic E-state index is 0.0708. The number of hydrogen-bond acceptors (Lipinski definition) is 8. The molecule has 0 unspecified atom stereocenters. The number of rotatable bonds is 11. The largest absolute Gasteiger partial charge is 0.507 e. The Bertz CT molecular complexity index is 1580. The smallest absolute Gasteiger partial charge is 0.496 e. The van der Waals surface area contributed by atoms with E-state index in [1.165, 1.54) is 6.42 Å². The van der Waals surface area contributed by atoms with Gasteiger partial charge < -0.3 is 34.3 Å². The second-order valence-corrected chi connectivity index (χ2v) is 13.3. The van der Waals surface area contributed by atoms with Gasteiger partial charge in [-0.2, -0.15) is 0 Å². The van der Waals surface area contributed by atoms with Crippen LogP contribution in [0.1, 0.15) is 42.6 Å². The standard InChI is InChI=1S/C35H40ClN3O7/c1-39(2)12-13-45-30-19-22(8-10-26(30)36)32-25(31-28(43-3)6-5-7-29(31)44-4)9-11-27(37-32)33(40)38-35(46-34(41)42)23-15-20-14-21(17-23)18-24(35)16-20/h5-11,19-21,23-24H,12-18H2,1-4H3,(H,38,40)(H,41,42). The van der Waals surface area contributed by atoms with Crippen LogP contribution >= 0.6 is 11.6 Å². The molecule has 3 aromatic rings. The highest BCUT2D eigenvalue weighted by Crippen LogP contribution is 2.58. The number of benzene rings is 2. The molecular formula is C35H40ClN3O7. The van der Waals surface area contributed by atoms with Crippen molar-refractivity contribution in [3.63, 3.8) is 0 Å². The lowest BCUT2D eigenvalue weighted by atomic mass is 9.52. The number of methoxy groups -OCH3 is 2. The van der Waals surface area contributed by atoms with Gasteiger partial charge in [0.25, 0.3) is 5.91 Å². The molecule has 4 aliphatic rings. The van der Waals surface area contributed by atoms with E-state index in [4.69, 9.17) is 35.5 Å². The first-order chi connectivity index (χ1) is 22.1. The zero-order chi connectivity index (χ0) is 32.6. The van der Waals surface area contributed by atoms with Crippen molar-refractivity contribution in [2.45, 2.75) is 37.8 Å². The lowest BCUT2D eigenvalue weighted by molar-refractivity contribution is -0.191. The monoisotopic (exact) mass is 649 g/mol. The molecule has 4 fully saturated rings. The third kappa shape index (κ3) is 6.08. The molecule has 4 aliphatic carbocycles. The summed E-state index contributed by atoms with van der Waals surface area (Å²) < 4.78 is 23.1. The summed E-state index contributed by atoms with van der Waals surface area (Å²) in [7, 11) is 7.09. The van der Waals surface area contributed by atoms with Gasteiger partial charge in [-0.15, -0.1) is 0 Å². The summed E-state index contributed by atoms with van der Waals surface area (Å²) in [6, 6.07) is 14.3. The topological polar surface area (TPSA) is 119 Å². The number of carbonyl (C=O) groups excluding carboxylic acids is 1. The number of carbonyl (C=O) groups is 2. The van der Waals surface area contributed by atoms with Crippen LogP contribution in [0.25, 0.3) is 22.4 Å². The molecule has 4 bridgehead atoms. The van der Waals surface area contributed by atoms with Crippen LogP contribution in [0.15, 0.2) is 48.5 Å². The van der Waals surface area contributed by atoms with Crippen LogP contribution in [0.2, 0.25) is 5.02 Å². The zero-order valence-electron chi connectivity index (χ0n) is 26.5. The average molecular weight is 650 g/mol. The Balaban J connectivity index is 1.43. The van der Waals surface area contributed by atoms with Crippen LogP contribution in [-0.2, 0) is 4.74 Å². The molecule has 4 saturated carbocycles. The molecule has 11 heteroatoms. The molecule has 1 amide bonds. The molecule has 7 rings (SSSR count). The van der Waals surface area contributed by atoms with Gasteiger partial charge in [0.15, 0.2) is 5.72 Å². The van der Waals surface area contributed by atoms with E-state index in [-0.39, 0.29) is 17.5 Å². The first-order valence-corrected chi connectivity index (χ1v) is 16.0. The highest BCUT2D eigenvalue weighted by molar-refractivity contribution is 6.32. The first kappa shape index (κ1) is 31.9. The van der Waals surface area contributed by atoms with E-state index in [1.54, 1.807) is 38.5 Å². The van der Waals surface area contributed by atoms with Gasteiger partial charge in [0.2, 0.25) is 0 Å². The van der Waals surface area contributed by atoms with E-state index in [0.717, 1.165) is 25.7 Å². The molecule has 1 heterocycles. The first-order valence-electron chi connectivity index (χ1n) is 15.7. The summed E-state index contributed by atoms with van der Waals surface area (Å²) in [5, 5.41) is 13.3. The fourth-order valence-electron chi connectivity index (χ4n) is 7.89. The third-order valence-electron chi connectivity index (χ3n) is 9.74. The van der Waals surface area contributed by atoms with E-state index in [9.17, 15) is 14.7 Å². The van der Waals surface area contributed by atoms with E-state index < -0.39 is 17.8 Å². The Morgan fingerprint density at radius 1 is 0.957 bits per heavy atom. The number of likely N-dealkylation sites (N-methyl/N-ethyl adjacent to an activating group) is 1. The second-order valence-electron chi connectivity index (χ2n) is 12.8. The second kappa shape index (κ2) is 13.0. The van der Waals surface area contributed by atoms with Crippen molar-refractivity contribution in [1.82, 2.24) is 15.2 Å². The molecule has 10 nitrogen and oxygen atoms in total. The van der Waals surface area contributed by atoms with Gasteiger partial charge in [-0.1, -0.05) is 23.7 Å². The maximum absolute atomic E-state index is 14.1. The number of amides is 1. The molecule has 46 heavy (non-hydrogen) atoms. The van der Waals surface area contributed by atoms with Crippen LogP contribution in [-0.4, -0.2) is 74.2 Å². The number of nitrogens with one attached hydrogen (secondary N) is 1. The molecule has 244 valence electrons. The fraction of sp³-hybridized carbons (Fsp3) is 0.457. The van der Waals surface area contributed by atoms with Gasteiger partial charge in [0.1, 0.15) is 29.5 Å². The van der Waals surface area contributed by atoms with Crippen molar-refractivity contribution in [2.75, 3.05) is 41.5 Å². The summed E-state index contributed by atoms with van der Waals surface area (Å²) in [4.78, 5) is 33.0. The number of ether oxygens (including phenoxy) is 4. The molecule has 2 N–H and O–H groups in total. The summed E-state index contributed by atoms with van der Waals surface area (Å²) in [5.41, 5.74) is 1.31. The Hall–Kier alpha value is -4.02. The summed E-state index contributed by atoms with van der Waals surface area (Å²) in [5.74, 6) is 2.07. The molecule has 0 aliphatic heterocycles. The Morgan fingerprint density at radius 3 is 2.20 bits per heavy atom. The maximum Gasteiger partial charge on any atom is 0.507 e. The van der Waals surface area contributed by atoms with Crippen LogP contribution in [0, 0.1) is 23.7 Å². The fourth-order valence-corrected chi connectivity index (χ4v) is 8.06. The number of carboxylic acid groups (broad SMARTS) is 1. The average Bonchev–Trinajstić information content (AvgIpc) is 3.03. The molecule has 0 saturated heterocycles. The quantitative estimate of drug-likeness (QED) is 0.175. The maximum atomic E-state index is 14.1. The predicted molar refractivity (Wildman–Crippen MR) is 174 cm³/mol. The normalized spacial score (nSPS) is 24.5. The predicted octanol–water partition coefficient (Wildman–Crippen LogP) is 6.60. The van der Waals surface area contributed by atoms with E-state index in [1.807, 2.05) is 43.3 Å². The number of halogens is 1. The van der Waals surface area contributed by atoms with Crippen molar-refractivity contribution in [2.24, 2.45) is 23.7 Å². The minimum atomic E-state index is -1.39. The summed E-state index contributed by atoms with van der Waals surface area (Å²) in [6.45, 7) is 1.12. The van der Waals surface area contributed by atoms with Gasteiger partial charge in [-0.3, -0.25) is 4.79 Å². The van der Waals surface area contributed by atoms with Gasteiger partial charge in [-0.05, 0) is 94.4 Å². The van der Waals surface area contributed by atoms with E-state index in [2.05, 4.69) is 5.32 Å². The van der Waals surface area contributed by atoms with E-state index in [0.29, 0.717) is 69.6 Å². The summed E-state index contributed by atoms with van der Waals surface area (Å²) in [6.07, 6.45) is 3.15. The van der Waals surface area contributed by atoms with Gasteiger partial charge in [-0.25, -0.2) is 9.78 Å². The lowest BCUT2D eigenvalue weighted by Crippen LogP contribution is -2.68. The van der Waals surface area contributed by atoms with Crippen LogP contribution < -0.4 is 19.5 Å². The van der Waals surface area contributed by atoms with Crippen LogP contribution in [0.3, 0.4) is 0 Å². The highest BCUT2D eigenvalue weighted by atomic mass is 35.5. The third-order valence-corrected chi connectivity index (χ3v) is 10.1. The Labute approximate surface area is 274 Å². The summed E-state index contributed by atoms with van der Waals surface area (Å²) >= 11 is 6.53. The molecule has 0 spiro atoms. The zero-order valence-corrected chi connectivity index (χ0v) is 27.3. The van der Waals surface area contributed by atoms with Crippen molar-refractivity contribution in [3.05, 3.63) is 59.2 Å². The molecule has 2 aromatic carbocycles. The molecule has 0 atom stereocenters. The number of aromatic nitrogens is 1. The highest BCUT2D eigenvalue weighted by Gasteiger charge is 2.60. The molecule has 0 radical (unpaired) electrons. The SMILES string of the molecule is COc1cccc(OC)c1-c1ccc(C(=O)NC2(OC(=O)O)C3CC4CC(C3)CC2C4)nc1-c1ccc(Cl)c(OCCN(C)C)c1. The van der Waals surface area contributed by atoms with E-state index >= 15 is 0 Å². The van der Waals surface area contributed by atoms with Crippen molar-refractivity contribution < 1.29 is 33.6 Å². The molecule has 1 aromatic heterocycles. The lowest BCUT2D eigenvalue weighted by Gasteiger charge is -2.59.